The number of amides is 2. The lowest BCUT2D eigenvalue weighted by atomic mass is 10.0. The Kier molecular flexibility index (Phi) is 12.2. The van der Waals surface area contributed by atoms with Crippen molar-refractivity contribution in [2.75, 3.05) is 23.7 Å². The molecular formula is C32H37ClF3N3O4S. The maximum atomic E-state index is 13.9. The van der Waals surface area contributed by atoms with Crippen molar-refractivity contribution < 1.29 is 31.2 Å². The average molecular weight is 652 g/mol. The molecule has 12 heteroatoms. The van der Waals surface area contributed by atoms with Gasteiger partial charge in [0.1, 0.15) is 6.04 Å². The van der Waals surface area contributed by atoms with Gasteiger partial charge in [0.05, 0.1) is 17.5 Å². The molecule has 0 heterocycles. The van der Waals surface area contributed by atoms with E-state index in [9.17, 15) is 31.2 Å². The summed E-state index contributed by atoms with van der Waals surface area (Å²) in [6.07, 6.45) is -3.68. The van der Waals surface area contributed by atoms with E-state index >= 15 is 0 Å². The van der Waals surface area contributed by atoms with Gasteiger partial charge >= 0.3 is 6.18 Å². The Bertz CT molecular complexity index is 1520. The van der Waals surface area contributed by atoms with Crippen LogP contribution in [0.25, 0.3) is 0 Å². The minimum Gasteiger partial charge on any atom is -0.354 e. The Labute approximate surface area is 262 Å². The topological polar surface area (TPSA) is 86.8 Å². The lowest BCUT2D eigenvalue weighted by molar-refractivity contribution is -0.141. The van der Waals surface area contributed by atoms with E-state index in [0.717, 1.165) is 34.3 Å². The summed E-state index contributed by atoms with van der Waals surface area (Å²) in [4.78, 5) is 28.9. The smallest absolute Gasteiger partial charge is 0.354 e. The minimum atomic E-state index is -4.65. The monoisotopic (exact) mass is 651 g/mol. The van der Waals surface area contributed by atoms with Crippen molar-refractivity contribution in [2.45, 2.75) is 51.9 Å². The van der Waals surface area contributed by atoms with Crippen molar-refractivity contribution in [3.05, 3.63) is 101 Å². The van der Waals surface area contributed by atoms with Gasteiger partial charge in [0.2, 0.25) is 21.8 Å². The van der Waals surface area contributed by atoms with Crippen molar-refractivity contribution in [3.63, 3.8) is 0 Å². The van der Waals surface area contributed by atoms with Crippen LogP contribution in [-0.4, -0.2) is 50.5 Å². The summed E-state index contributed by atoms with van der Waals surface area (Å²) >= 11 is 6.21. The number of hydrogen-bond acceptors (Lipinski definition) is 4. The molecule has 3 aromatic carbocycles. The Balaban J connectivity index is 1.90. The fourth-order valence-corrected chi connectivity index (χ4v) is 5.82. The summed E-state index contributed by atoms with van der Waals surface area (Å²) < 4.78 is 66.0. The summed E-state index contributed by atoms with van der Waals surface area (Å²) in [6.45, 7) is 4.15. The summed E-state index contributed by atoms with van der Waals surface area (Å²) in [7, 11) is -3.98. The Morgan fingerprint density at radius 3 is 2.20 bits per heavy atom. The van der Waals surface area contributed by atoms with Crippen LogP contribution in [0.15, 0.2) is 78.9 Å². The van der Waals surface area contributed by atoms with Crippen LogP contribution in [0.2, 0.25) is 5.02 Å². The molecule has 0 spiro atoms. The van der Waals surface area contributed by atoms with Crippen molar-refractivity contribution in [3.8, 4) is 0 Å². The minimum absolute atomic E-state index is 0.000134. The summed E-state index contributed by atoms with van der Waals surface area (Å²) in [5.41, 5.74) is 0.403. The van der Waals surface area contributed by atoms with Crippen LogP contribution >= 0.6 is 11.6 Å². The van der Waals surface area contributed by atoms with Crippen LogP contribution in [0.3, 0.4) is 0 Å². The number of alkyl halides is 3. The molecule has 2 amide bonds. The van der Waals surface area contributed by atoms with Crippen molar-refractivity contribution in [1.29, 1.82) is 0 Å². The summed E-state index contributed by atoms with van der Waals surface area (Å²) in [6, 6.07) is 19.3. The maximum Gasteiger partial charge on any atom is 0.416 e. The molecular weight excluding hydrogens is 615 g/mol. The molecule has 0 bridgehead atoms. The zero-order chi connectivity index (χ0) is 32.5. The number of halogens is 4. The van der Waals surface area contributed by atoms with Crippen molar-refractivity contribution in [1.82, 2.24) is 10.2 Å². The lowest BCUT2D eigenvalue weighted by Crippen LogP contribution is -2.51. The number of anilines is 1. The highest BCUT2D eigenvalue weighted by atomic mass is 35.5. The molecule has 1 atom stereocenters. The Morgan fingerprint density at radius 1 is 0.932 bits per heavy atom. The third-order valence-corrected chi connectivity index (χ3v) is 8.24. The highest BCUT2D eigenvalue weighted by Crippen LogP contribution is 2.32. The van der Waals surface area contributed by atoms with Gasteiger partial charge in [-0.3, -0.25) is 13.9 Å². The normalized spacial score (nSPS) is 12.5. The van der Waals surface area contributed by atoms with Gasteiger partial charge in [-0.05, 0) is 53.8 Å². The average Bonchev–Trinajstić information content (AvgIpc) is 2.95. The fraction of sp³-hybridized carbons (Fsp3) is 0.375. The number of carbonyl (C=O) groups is 2. The first-order valence-corrected chi connectivity index (χ1v) is 16.4. The van der Waals surface area contributed by atoms with Crippen LogP contribution in [0, 0.1) is 5.92 Å². The third kappa shape index (κ3) is 10.6. The number of carbonyl (C=O) groups excluding carboxylic acids is 2. The van der Waals surface area contributed by atoms with Crippen LogP contribution < -0.4 is 9.62 Å². The second kappa shape index (κ2) is 15.4. The third-order valence-electron chi connectivity index (χ3n) is 6.81. The van der Waals surface area contributed by atoms with E-state index in [1.807, 2.05) is 44.2 Å². The number of nitrogens with one attached hydrogen (secondary N) is 1. The van der Waals surface area contributed by atoms with E-state index in [0.29, 0.717) is 17.1 Å². The first kappa shape index (κ1) is 34.9. The highest BCUT2D eigenvalue weighted by Gasteiger charge is 2.33. The van der Waals surface area contributed by atoms with Gasteiger partial charge in [-0.2, -0.15) is 13.2 Å². The molecule has 0 unspecified atom stereocenters. The Morgan fingerprint density at radius 2 is 1.59 bits per heavy atom. The lowest BCUT2D eigenvalue weighted by Gasteiger charge is -2.32. The summed E-state index contributed by atoms with van der Waals surface area (Å²) in [5.74, 6) is -0.575. The van der Waals surface area contributed by atoms with Crippen molar-refractivity contribution in [2.24, 2.45) is 5.92 Å². The first-order valence-electron chi connectivity index (χ1n) is 14.2. The van der Waals surface area contributed by atoms with Crippen LogP contribution in [-0.2, 0) is 38.8 Å². The molecule has 0 aliphatic carbocycles. The fourth-order valence-electron chi connectivity index (χ4n) is 4.65. The van der Waals surface area contributed by atoms with E-state index in [1.165, 1.54) is 11.0 Å². The van der Waals surface area contributed by atoms with E-state index in [-0.39, 0.29) is 49.9 Å². The Hall–Kier alpha value is -3.57. The molecule has 3 aromatic rings. The van der Waals surface area contributed by atoms with Gasteiger partial charge in [-0.1, -0.05) is 74.0 Å². The number of benzene rings is 3. The van der Waals surface area contributed by atoms with E-state index < -0.39 is 33.7 Å². The number of nitrogens with zero attached hydrogens (tertiary/aromatic N) is 2. The molecule has 0 fully saturated rings. The molecule has 1 N–H and O–H groups in total. The van der Waals surface area contributed by atoms with Gasteiger partial charge < -0.3 is 10.2 Å². The van der Waals surface area contributed by atoms with Crippen LogP contribution in [0.1, 0.15) is 43.4 Å². The zero-order valence-electron chi connectivity index (χ0n) is 24.9. The second-order valence-electron chi connectivity index (χ2n) is 11.0. The molecule has 44 heavy (non-hydrogen) atoms. The molecule has 0 aliphatic heterocycles. The number of sulfonamides is 1. The predicted octanol–water partition coefficient (Wildman–Crippen LogP) is 6.32. The highest BCUT2D eigenvalue weighted by molar-refractivity contribution is 7.92. The van der Waals surface area contributed by atoms with E-state index in [2.05, 4.69) is 5.32 Å². The van der Waals surface area contributed by atoms with Gasteiger partial charge in [-0.25, -0.2) is 8.42 Å². The largest absolute Gasteiger partial charge is 0.416 e. The van der Waals surface area contributed by atoms with E-state index in [1.54, 1.807) is 24.3 Å². The predicted molar refractivity (Wildman–Crippen MR) is 167 cm³/mol. The van der Waals surface area contributed by atoms with Crippen LogP contribution in [0.4, 0.5) is 18.9 Å². The molecule has 238 valence electrons. The molecule has 0 aromatic heterocycles. The van der Waals surface area contributed by atoms with Crippen molar-refractivity contribution >= 4 is 39.1 Å². The number of hydrogen-bond donors (Lipinski definition) is 1. The van der Waals surface area contributed by atoms with Gasteiger partial charge in [0.25, 0.3) is 0 Å². The van der Waals surface area contributed by atoms with Gasteiger partial charge in [0, 0.05) is 37.5 Å². The van der Waals surface area contributed by atoms with E-state index in [4.69, 9.17) is 11.6 Å². The standard InChI is InChI=1S/C32H37ClF3N3O4S/c1-23(2)21-37-31(41)29(19-24-10-5-4-6-11-24)38(22-25-12-7-14-27(33)18-25)30(40)16-9-17-39(44(3,42)43)28-15-8-13-26(20-28)32(34,35)36/h4-8,10-15,18,20,23,29H,9,16-17,19,21-22H2,1-3H3,(H,37,41)/t29-/m0/s1. The number of rotatable bonds is 14. The quantitative estimate of drug-likeness (QED) is 0.221. The molecule has 3 rings (SSSR count). The molecule has 0 saturated carbocycles. The zero-order valence-corrected chi connectivity index (χ0v) is 26.4. The van der Waals surface area contributed by atoms with Crippen LogP contribution in [0.5, 0.6) is 0 Å². The first-order chi connectivity index (χ1) is 20.6. The van der Waals surface area contributed by atoms with Gasteiger partial charge in [-0.15, -0.1) is 0 Å². The molecule has 7 nitrogen and oxygen atoms in total. The molecule has 0 radical (unpaired) electrons. The second-order valence-corrected chi connectivity index (χ2v) is 13.3. The van der Waals surface area contributed by atoms with Gasteiger partial charge in [0.15, 0.2) is 0 Å². The summed E-state index contributed by atoms with van der Waals surface area (Å²) in [5, 5.41) is 3.39. The SMILES string of the molecule is CC(C)CNC(=O)[C@H](Cc1ccccc1)N(Cc1cccc(Cl)c1)C(=O)CCCN(c1cccc(C(F)(F)F)c1)S(C)(=O)=O. The maximum absolute atomic E-state index is 13.9. The molecule has 0 aliphatic rings. The molecule has 0 saturated heterocycles.